The summed E-state index contributed by atoms with van der Waals surface area (Å²) in [5.74, 6) is 0.318. The Morgan fingerprint density at radius 1 is 1.24 bits per heavy atom. The Labute approximate surface area is 148 Å². The molecule has 0 aliphatic rings. The van der Waals surface area contributed by atoms with Gasteiger partial charge >= 0.3 is 0 Å². The summed E-state index contributed by atoms with van der Waals surface area (Å²) in [6.07, 6.45) is 1.49. The molecule has 0 aliphatic carbocycles. The molecule has 3 nitrogen and oxygen atoms in total. The van der Waals surface area contributed by atoms with Gasteiger partial charge in [0.25, 0.3) is 0 Å². The molecule has 0 saturated heterocycles. The first-order valence-corrected chi connectivity index (χ1v) is 8.02. The molecule has 2 rings (SSSR count). The van der Waals surface area contributed by atoms with Gasteiger partial charge in [-0.15, -0.1) is 0 Å². The Morgan fingerprint density at radius 2 is 1.95 bits per heavy atom. The van der Waals surface area contributed by atoms with Crippen LogP contribution in [0.5, 0.6) is 11.5 Å². The van der Waals surface area contributed by atoms with Crippen molar-refractivity contribution in [1.29, 1.82) is 0 Å². The van der Waals surface area contributed by atoms with Gasteiger partial charge in [-0.1, -0.05) is 23.2 Å². The van der Waals surface area contributed by atoms with Crippen LogP contribution in [0.2, 0.25) is 10.0 Å². The van der Waals surface area contributed by atoms with Crippen LogP contribution in [-0.4, -0.2) is 18.4 Å². The SMILES string of the molecule is COc1cc(Br)c(Br)c(C=Nc2cc(Cl)ccc2Cl)c1O. The maximum atomic E-state index is 10.2. The number of aromatic hydroxyl groups is 1. The van der Waals surface area contributed by atoms with Gasteiger partial charge in [-0.2, -0.15) is 0 Å². The van der Waals surface area contributed by atoms with Crippen molar-refractivity contribution in [2.24, 2.45) is 4.99 Å². The van der Waals surface area contributed by atoms with E-state index in [1.165, 1.54) is 13.3 Å². The molecule has 0 fully saturated rings. The first-order chi connectivity index (χ1) is 9.93. The summed E-state index contributed by atoms with van der Waals surface area (Å²) in [4.78, 5) is 4.27. The van der Waals surface area contributed by atoms with Crippen LogP contribution < -0.4 is 4.74 Å². The molecule has 1 N–H and O–H groups in total. The van der Waals surface area contributed by atoms with Gasteiger partial charge in [0, 0.05) is 20.2 Å². The smallest absolute Gasteiger partial charge is 0.167 e. The highest BCUT2D eigenvalue weighted by atomic mass is 79.9. The standard InChI is InChI=1S/C14H9Br2Cl2NO2/c1-21-12-5-9(15)13(16)8(14(12)20)6-19-11-4-7(17)2-3-10(11)18/h2-6,20H,1H3. The van der Waals surface area contributed by atoms with Crippen molar-refractivity contribution >= 4 is 67.0 Å². The lowest BCUT2D eigenvalue weighted by Gasteiger charge is -2.09. The Kier molecular flexibility index (Phi) is 5.54. The quantitative estimate of drug-likeness (QED) is 0.580. The average Bonchev–Trinajstić information content (AvgIpc) is 2.46. The molecule has 0 radical (unpaired) electrons. The highest BCUT2D eigenvalue weighted by molar-refractivity contribution is 9.13. The minimum atomic E-state index is -0.0190. The molecule has 0 amide bonds. The van der Waals surface area contributed by atoms with E-state index in [1.54, 1.807) is 24.3 Å². The number of nitrogens with zero attached hydrogens (tertiary/aromatic N) is 1. The van der Waals surface area contributed by atoms with Crippen molar-refractivity contribution in [1.82, 2.24) is 0 Å². The Morgan fingerprint density at radius 3 is 2.62 bits per heavy atom. The third kappa shape index (κ3) is 3.72. The number of phenols is 1. The highest BCUT2D eigenvalue weighted by Crippen LogP contribution is 2.40. The molecule has 2 aromatic rings. The van der Waals surface area contributed by atoms with E-state index in [2.05, 4.69) is 36.9 Å². The molecular formula is C14H9Br2Cl2NO2. The van der Waals surface area contributed by atoms with E-state index >= 15 is 0 Å². The zero-order valence-corrected chi connectivity index (χ0v) is 15.4. The highest BCUT2D eigenvalue weighted by Gasteiger charge is 2.14. The van der Waals surface area contributed by atoms with Crippen LogP contribution in [0.4, 0.5) is 5.69 Å². The van der Waals surface area contributed by atoms with Crippen LogP contribution in [0.1, 0.15) is 5.56 Å². The van der Waals surface area contributed by atoms with E-state index in [4.69, 9.17) is 27.9 Å². The molecule has 0 saturated carbocycles. The number of methoxy groups -OCH3 is 1. The molecule has 110 valence electrons. The maximum Gasteiger partial charge on any atom is 0.167 e. The van der Waals surface area contributed by atoms with Crippen molar-refractivity contribution in [2.75, 3.05) is 7.11 Å². The van der Waals surface area contributed by atoms with Gasteiger partial charge in [0.05, 0.1) is 23.4 Å². The Bertz CT molecular complexity index is 721. The lowest BCUT2D eigenvalue weighted by Crippen LogP contribution is -1.91. The molecule has 0 bridgehead atoms. The second kappa shape index (κ2) is 7.01. The van der Waals surface area contributed by atoms with E-state index in [-0.39, 0.29) is 5.75 Å². The maximum absolute atomic E-state index is 10.2. The molecule has 0 aromatic heterocycles. The van der Waals surface area contributed by atoms with E-state index in [0.717, 1.165) is 4.47 Å². The van der Waals surface area contributed by atoms with Gasteiger partial charge in [0.2, 0.25) is 0 Å². The Hall–Kier alpha value is -0.750. The van der Waals surface area contributed by atoms with Crippen LogP contribution >= 0.6 is 55.1 Å². The molecule has 0 unspecified atom stereocenters. The zero-order chi connectivity index (χ0) is 15.6. The number of hydrogen-bond acceptors (Lipinski definition) is 3. The van der Waals surface area contributed by atoms with E-state index < -0.39 is 0 Å². The number of ether oxygens (including phenoxy) is 1. The fraction of sp³-hybridized carbons (Fsp3) is 0.0714. The summed E-state index contributed by atoms with van der Waals surface area (Å²) in [6, 6.07) is 6.63. The monoisotopic (exact) mass is 451 g/mol. The van der Waals surface area contributed by atoms with Gasteiger partial charge < -0.3 is 9.84 Å². The van der Waals surface area contributed by atoms with E-state index in [0.29, 0.717) is 31.5 Å². The van der Waals surface area contributed by atoms with Crippen molar-refractivity contribution in [3.63, 3.8) is 0 Å². The minimum Gasteiger partial charge on any atom is -0.504 e. The van der Waals surface area contributed by atoms with Gasteiger partial charge in [-0.3, -0.25) is 4.99 Å². The number of benzene rings is 2. The van der Waals surface area contributed by atoms with Crippen molar-refractivity contribution in [3.8, 4) is 11.5 Å². The molecule has 0 heterocycles. The number of rotatable bonds is 3. The van der Waals surface area contributed by atoms with Crippen LogP contribution in [-0.2, 0) is 0 Å². The molecule has 7 heteroatoms. The summed E-state index contributed by atoms with van der Waals surface area (Å²) in [5.41, 5.74) is 0.978. The third-order valence-electron chi connectivity index (χ3n) is 2.65. The fourth-order valence-electron chi connectivity index (χ4n) is 1.60. The van der Waals surface area contributed by atoms with Crippen LogP contribution in [0, 0.1) is 0 Å². The molecule has 0 atom stereocenters. The molecule has 2 aromatic carbocycles. The van der Waals surface area contributed by atoms with Gasteiger partial charge in [-0.25, -0.2) is 0 Å². The second-order valence-corrected chi connectivity index (χ2v) is 6.48. The Balaban J connectivity index is 2.50. The van der Waals surface area contributed by atoms with E-state index in [9.17, 15) is 5.11 Å². The zero-order valence-electron chi connectivity index (χ0n) is 10.7. The minimum absolute atomic E-state index is 0.0190. The summed E-state index contributed by atoms with van der Waals surface area (Å²) < 4.78 is 6.49. The summed E-state index contributed by atoms with van der Waals surface area (Å²) in [6.45, 7) is 0. The topological polar surface area (TPSA) is 41.8 Å². The third-order valence-corrected chi connectivity index (χ3v) is 5.22. The lowest BCUT2D eigenvalue weighted by atomic mass is 10.2. The summed E-state index contributed by atoms with van der Waals surface area (Å²) in [5, 5.41) is 11.2. The number of hydrogen-bond donors (Lipinski definition) is 1. The normalized spacial score (nSPS) is 11.1. The predicted molar refractivity (Wildman–Crippen MR) is 93.8 cm³/mol. The largest absolute Gasteiger partial charge is 0.504 e. The molecular weight excluding hydrogens is 445 g/mol. The summed E-state index contributed by atoms with van der Waals surface area (Å²) >= 11 is 18.7. The summed E-state index contributed by atoms with van der Waals surface area (Å²) in [7, 11) is 1.48. The number of halogens is 4. The first kappa shape index (κ1) is 16.6. The lowest BCUT2D eigenvalue weighted by molar-refractivity contribution is 0.372. The second-order valence-electron chi connectivity index (χ2n) is 3.99. The average molecular weight is 454 g/mol. The molecule has 0 aliphatic heterocycles. The van der Waals surface area contributed by atoms with Crippen molar-refractivity contribution in [2.45, 2.75) is 0 Å². The fourth-order valence-corrected chi connectivity index (χ4v) is 2.76. The van der Waals surface area contributed by atoms with Crippen LogP contribution in [0.15, 0.2) is 38.2 Å². The van der Waals surface area contributed by atoms with E-state index in [1.807, 2.05) is 0 Å². The van der Waals surface area contributed by atoms with Crippen molar-refractivity contribution < 1.29 is 9.84 Å². The van der Waals surface area contributed by atoms with Gasteiger partial charge in [-0.05, 0) is 56.1 Å². The van der Waals surface area contributed by atoms with Gasteiger partial charge in [0.15, 0.2) is 11.5 Å². The van der Waals surface area contributed by atoms with Gasteiger partial charge in [0.1, 0.15) is 0 Å². The molecule has 0 spiro atoms. The van der Waals surface area contributed by atoms with Crippen LogP contribution in [0.3, 0.4) is 0 Å². The number of aliphatic imine (C=N–C) groups is 1. The number of phenolic OH excluding ortho intramolecular Hbond substituents is 1. The van der Waals surface area contributed by atoms with Crippen molar-refractivity contribution in [3.05, 3.63) is 48.8 Å². The first-order valence-electron chi connectivity index (χ1n) is 5.68. The molecule has 21 heavy (non-hydrogen) atoms. The van der Waals surface area contributed by atoms with Crippen LogP contribution in [0.25, 0.3) is 0 Å². The predicted octanol–water partition coefficient (Wildman–Crippen LogP) is 5.98.